The van der Waals surface area contributed by atoms with E-state index in [0.29, 0.717) is 16.4 Å². The third kappa shape index (κ3) is 2.77. The Morgan fingerprint density at radius 2 is 1.71 bits per heavy atom. The molecule has 5 aromatic rings. The summed E-state index contributed by atoms with van der Waals surface area (Å²) in [5, 5.41) is 6.02. The third-order valence-electron chi connectivity index (χ3n) is 4.68. The van der Waals surface area contributed by atoms with Gasteiger partial charge in [-0.2, -0.15) is 9.61 Å². The van der Waals surface area contributed by atoms with E-state index < -0.39 is 0 Å². The fourth-order valence-electron chi connectivity index (χ4n) is 3.24. The van der Waals surface area contributed by atoms with Crippen molar-refractivity contribution in [1.82, 2.24) is 19.6 Å². The smallest absolute Gasteiger partial charge is 0.166 e. The number of methoxy groups -OCH3 is 1. The number of hydrogen-bond donors (Lipinski definition) is 0. The van der Waals surface area contributed by atoms with Crippen LogP contribution in [0.25, 0.3) is 39.1 Å². The first kappa shape index (κ1) is 16.7. The molecule has 0 saturated heterocycles. The summed E-state index contributed by atoms with van der Waals surface area (Å²) in [4.78, 5) is 9.17. The summed E-state index contributed by atoms with van der Waals surface area (Å²) in [7, 11) is 1.65. The van der Waals surface area contributed by atoms with Crippen molar-refractivity contribution in [3.8, 4) is 28.1 Å². The van der Waals surface area contributed by atoms with E-state index in [2.05, 4.69) is 9.97 Å². The van der Waals surface area contributed by atoms with Crippen LogP contribution >= 0.6 is 11.6 Å². The molecule has 6 heteroatoms. The number of pyridine rings is 1. The lowest BCUT2D eigenvalue weighted by Crippen LogP contribution is -1.97. The fourth-order valence-corrected chi connectivity index (χ4v) is 3.48. The molecular weight excluding hydrogens is 372 g/mol. The summed E-state index contributed by atoms with van der Waals surface area (Å²) in [6, 6.07) is 21.6. The molecule has 0 fully saturated rings. The van der Waals surface area contributed by atoms with E-state index in [1.807, 2.05) is 66.7 Å². The second kappa shape index (κ2) is 6.62. The van der Waals surface area contributed by atoms with Crippen LogP contribution in [-0.2, 0) is 0 Å². The predicted molar refractivity (Wildman–Crippen MR) is 111 cm³/mol. The topological polar surface area (TPSA) is 52.3 Å². The van der Waals surface area contributed by atoms with E-state index in [1.54, 1.807) is 17.8 Å². The van der Waals surface area contributed by atoms with Gasteiger partial charge < -0.3 is 4.74 Å². The van der Waals surface area contributed by atoms with Gasteiger partial charge >= 0.3 is 0 Å². The Labute approximate surface area is 166 Å². The van der Waals surface area contributed by atoms with Gasteiger partial charge in [0.1, 0.15) is 10.9 Å². The molecule has 0 amide bonds. The van der Waals surface area contributed by atoms with E-state index in [0.717, 1.165) is 33.5 Å². The van der Waals surface area contributed by atoms with E-state index in [9.17, 15) is 0 Å². The summed E-state index contributed by atoms with van der Waals surface area (Å²) in [6.45, 7) is 0. The van der Waals surface area contributed by atoms with E-state index in [-0.39, 0.29) is 0 Å². The van der Waals surface area contributed by atoms with Gasteiger partial charge in [-0.25, -0.2) is 9.97 Å². The molecule has 0 N–H and O–H groups in total. The standard InChI is InChI=1S/C22H15ClN4O/c1-28-17-9-7-15(8-10-17)19-12-20-24-13-16-11-18(14-5-3-2-4-6-14)21(23)25-22(16)27(20)26-19/h2-13H,1H3. The molecule has 5 nitrogen and oxygen atoms in total. The molecule has 0 aliphatic heterocycles. The maximum atomic E-state index is 6.51. The molecule has 136 valence electrons. The molecule has 5 rings (SSSR count). The molecule has 0 aliphatic carbocycles. The number of halogens is 1. The van der Waals surface area contributed by atoms with Crippen molar-refractivity contribution in [2.24, 2.45) is 0 Å². The molecule has 0 aliphatic rings. The van der Waals surface area contributed by atoms with Crippen LogP contribution in [0.15, 0.2) is 72.9 Å². The Hall–Kier alpha value is -3.44. The highest BCUT2D eigenvalue weighted by molar-refractivity contribution is 6.32. The molecule has 3 aromatic heterocycles. The maximum absolute atomic E-state index is 6.51. The van der Waals surface area contributed by atoms with Crippen LogP contribution in [-0.4, -0.2) is 26.7 Å². The van der Waals surface area contributed by atoms with Crippen molar-refractivity contribution < 1.29 is 4.74 Å². The molecule has 0 radical (unpaired) electrons. The second-order valence-electron chi connectivity index (χ2n) is 6.39. The fraction of sp³-hybridized carbons (Fsp3) is 0.0455. The van der Waals surface area contributed by atoms with Crippen LogP contribution in [0.3, 0.4) is 0 Å². The van der Waals surface area contributed by atoms with Crippen LogP contribution in [0.2, 0.25) is 5.15 Å². The zero-order chi connectivity index (χ0) is 19.1. The van der Waals surface area contributed by atoms with Gasteiger partial charge in [0.15, 0.2) is 11.3 Å². The van der Waals surface area contributed by atoms with E-state index in [4.69, 9.17) is 21.4 Å². The number of rotatable bonds is 3. The van der Waals surface area contributed by atoms with Gasteiger partial charge in [0, 0.05) is 28.8 Å². The number of benzene rings is 2. The first-order chi connectivity index (χ1) is 13.7. The highest BCUT2D eigenvalue weighted by atomic mass is 35.5. The average Bonchev–Trinajstić information content (AvgIpc) is 3.19. The largest absolute Gasteiger partial charge is 0.497 e. The zero-order valence-electron chi connectivity index (χ0n) is 15.0. The summed E-state index contributed by atoms with van der Waals surface area (Å²) >= 11 is 6.51. The van der Waals surface area contributed by atoms with Crippen molar-refractivity contribution in [3.05, 3.63) is 78.1 Å². The second-order valence-corrected chi connectivity index (χ2v) is 6.75. The van der Waals surface area contributed by atoms with E-state index in [1.165, 1.54) is 0 Å². The third-order valence-corrected chi connectivity index (χ3v) is 4.97. The summed E-state index contributed by atoms with van der Waals surface area (Å²) in [5.74, 6) is 0.804. The van der Waals surface area contributed by atoms with Gasteiger partial charge in [-0.05, 0) is 35.9 Å². The molecule has 28 heavy (non-hydrogen) atoms. The molecule has 0 spiro atoms. The van der Waals surface area contributed by atoms with Gasteiger partial charge in [-0.15, -0.1) is 0 Å². The minimum Gasteiger partial charge on any atom is -0.497 e. The normalized spacial score (nSPS) is 11.2. The van der Waals surface area contributed by atoms with Crippen molar-refractivity contribution in [2.45, 2.75) is 0 Å². The van der Waals surface area contributed by atoms with Gasteiger partial charge in [-0.3, -0.25) is 0 Å². The first-order valence-electron chi connectivity index (χ1n) is 8.78. The van der Waals surface area contributed by atoms with Crippen molar-refractivity contribution in [3.63, 3.8) is 0 Å². The molecule has 0 atom stereocenters. The monoisotopic (exact) mass is 386 g/mol. The molecule has 0 unspecified atom stereocenters. The van der Waals surface area contributed by atoms with Crippen LogP contribution in [0.1, 0.15) is 0 Å². The molecule has 3 heterocycles. The number of ether oxygens (including phenoxy) is 1. The van der Waals surface area contributed by atoms with Gasteiger partial charge in [0.2, 0.25) is 0 Å². The SMILES string of the molecule is COc1ccc(-c2cc3ncc4cc(-c5ccccc5)c(Cl)nc4n3n2)cc1. The highest BCUT2D eigenvalue weighted by Crippen LogP contribution is 2.30. The van der Waals surface area contributed by atoms with Gasteiger partial charge in [0.05, 0.1) is 12.8 Å². The summed E-state index contributed by atoms with van der Waals surface area (Å²) in [6.07, 6.45) is 1.81. The summed E-state index contributed by atoms with van der Waals surface area (Å²) < 4.78 is 6.95. The van der Waals surface area contributed by atoms with Crippen LogP contribution < -0.4 is 4.74 Å². The number of nitrogens with zero attached hydrogens (tertiary/aromatic N) is 4. The lowest BCUT2D eigenvalue weighted by atomic mass is 10.1. The maximum Gasteiger partial charge on any atom is 0.166 e. The Bertz CT molecular complexity index is 1300. The van der Waals surface area contributed by atoms with Crippen molar-refractivity contribution in [1.29, 1.82) is 0 Å². The van der Waals surface area contributed by atoms with Crippen molar-refractivity contribution >= 4 is 28.3 Å². The molecule has 0 bridgehead atoms. The van der Waals surface area contributed by atoms with Crippen LogP contribution in [0, 0.1) is 0 Å². The lowest BCUT2D eigenvalue weighted by Gasteiger charge is -2.07. The van der Waals surface area contributed by atoms with Crippen LogP contribution in [0.4, 0.5) is 0 Å². The van der Waals surface area contributed by atoms with Gasteiger partial charge in [-0.1, -0.05) is 41.9 Å². The number of hydrogen-bond acceptors (Lipinski definition) is 4. The lowest BCUT2D eigenvalue weighted by molar-refractivity contribution is 0.415. The Balaban J connectivity index is 1.67. The molecule has 2 aromatic carbocycles. The average molecular weight is 387 g/mol. The van der Waals surface area contributed by atoms with Crippen molar-refractivity contribution in [2.75, 3.05) is 7.11 Å². The number of aromatic nitrogens is 4. The van der Waals surface area contributed by atoms with Crippen LogP contribution in [0.5, 0.6) is 5.75 Å². The number of fused-ring (bicyclic) bond motifs is 3. The molecule has 0 saturated carbocycles. The van der Waals surface area contributed by atoms with Gasteiger partial charge in [0.25, 0.3) is 0 Å². The molecular formula is C22H15ClN4O. The Morgan fingerprint density at radius 1 is 0.929 bits per heavy atom. The zero-order valence-corrected chi connectivity index (χ0v) is 15.8. The Kier molecular flexibility index (Phi) is 3.95. The Morgan fingerprint density at radius 3 is 2.46 bits per heavy atom. The minimum atomic E-state index is 0.438. The summed E-state index contributed by atoms with van der Waals surface area (Å²) in [5.41, 5.74) is 5.07. The minimum absolute atomic E-state index is 0.438. The predicted octanol–water partition coefficient (Wildman–Crippen LogP) is 5.27. The van der Waals surface area contributed by atoms with E-state index >= 15 is 0 Å². The highest BCUT2D eigenvalue weighted by Gasteiger charge is 2.13. The quantitative estimate of drug-likeness (QED) is 0.396. The first-order valence-corrected chi connectivity index (χ1v) is 9.15.